The molecule has 1 heteroatoms. The predicted octanol–water partition coefficient (Wildman–Crippen LogP) is 7.15. The molecule has 0 aliphatic carbocycles. The molecule has 0 bridgehead atoms. The summed E-state index contributed by atoms with van der Waals surface area (Å²) in [7, 11) is 0. The fourth-order valence-electron chi connectivity index (χ4n) is 3.77. The maximum absolute atomic E-state index is 2.42. The van der Waals surface area contributed by atoms with Crippen LogP contribution in [-0.4, -0.2) is 14.5 Å². The SMILES string of the molecule is C(=C(c1ccccc1)c1ccccc1)c1[se]c2ccccc2c1-c1ccccc1. The van der Waals surface area contributed by atoms with Crippen LogP contribution < -0.4 is 0 Å². The van der Waals surface area contributed by atoms with E-state index in [9.17, 15) is 0 Å². The molecule has 0 unspecified atom stereocenters. The Hall–Kier alpha value is -3.12. The molecule has 0 aliphatic heterocycles. The van der Waals surface area contributed by atoms with Crippen molar-refractivity contribution in [1.29, 1.82) is 0 Å². The van der Waals surface area contributed by atoms with Crippen LogP contribution in [0.4, 0.5) is 0 Å². The summed E-state index contributed by atoms with van der Waals surface area (Å²) in [6.07, 6.45) is 2.42. The third kappa shape index (κ3) is 3.63. The van der Waals surface area contributed by atoms with Gasteiger partial charge in [-0.15, -0.1) is 0 Å². The second kappa shape index (κ2) is 8.09. The molecule has 5 aromatic rings. The Labute approximate surface area is 177 Å². The van der Waals surface area contributed by atoms with E-state index in [1.807, 2.05) is 0 Å². The van der Waals surface area contributed by atoms with E-state index in [0.717, 1.165) is 0 Å². The summed E-state index contributed by atoms with van der Waals surface area (Å²) in [4.78, 5) is 0. The van der Waals surface area contributed by atoms with Gasteiger partial charge in [0.2, 0.25) is 0 Å². The van der Waals surface area contributed by atoms with Crippen molar-refractivity contribution >= 4 is 35.8 Å². The van der Waals surface area contributed by atoms with Crippen molar-refractivity contribution in [2.75, 3.05) is 0 Å². The summed E-state index contributed by atoms with van der Waals surface area (Å²) in [6, 6.07) is 41.1. The first kappa shape index (κ1) is 17.9. The Morgan fingerprint density at radius 2 is 1.07 bits per heavy atom. The Morgan fingerprint density at radius 1 is 0.552 bits per heavy atom. The van der Waals surface area contributed by atoms with Crippen LogP contribution in [-0.2, 0) is 0 Å². The van der Waals surface area contributed by atoms with Crippen LogP contribution in [0, 0.1) is 0 Å². The van der Waals surface area contributed by atoms with Crippen molar-refractivity contribution in [1.82, 2.24) is 0 Å². The summed E-state index contributed by atoms with van der Waals surface area (Å²) in [5.74, 6) is 0. The number of rotatable bonds is 4. The normalized spacial score (nSPS) is 10.8. The van der Waals surface area contributed by atoms with Crippen molar-refractivity contribution < 1.29 is 0 Å². The molecule has 0 spiro atoms. The van der Waals surface area contributed by atoms with Gasteiger partial charge >= 0.3 is 178 Å². The number of fused-ring (bicyclic) bond motifs is 1. The van der Waals surface area contributed by atoms with Crippen LogP contribution in [0.1, 0.15) is 15.6 Å². The molecule has 0 aliphatic rings. The van der Waals surface area contributed by atoms with Crippen LogP contribution in [0.2, 0.25) is 0 Å². The van der Waals surface area contributed by atoms with Gasteiger partial charge in [-0.25, -0.2) is 0 Å². The minimum atomic E-state index is 0.288. The first-order chi connectivity index (χ1) is 14.4. The third-order valence-electron chi connectivity index (χ3n) is 5.13. The van der Waals surface area contributed by atoms with Gasteiger partial charge in [-0.3, -0.25) is 0 Å². The molecular weight excluding hydrogens is 415 g/mol. The molecule has 0 N–H and O–H groups in total. The fraction of sp³-hybridized carbons (Fsp3) is 0. The first-order valence-electron chi connectivity index (χ1n) is 9.79. The fourth-order valence-corrected chi connectivity index (χ4v) is 6.22. The van der Waals surface area contributed by atoms with Gasteiger partial charge < -0.3 is 0 Å². The summed E-state index contributed by atoms with van der Waals surface area (Å²) in [6.45, 7) is 0. The summed E-state index contributed by atoms with van der Waals surface area (Å²) in [5, 5.41) is 1.38. The predicted molar refractivity (Wildman–Crippen MR) is 126 cm³/mol. The van der Waals surface area contributed by atoms with E-state index < -0.39 is 0 Å². The van der Waals surface area contributed by atoms with E-state index in [-0.39, 0.29) is 14.5 Å². The molecule has 5 rings (SSSR count). The molecule has 0 nitrogen and oxygen atoms in total. The minimum absolute atomic E-state index is 0.288. The van der Waals surface area contributed by atoms with Gasteiger partial charge in [0, 0.05) is 0 Å². The van der Waals surface area contributed by atoms with E-state index in [2.05, 4.69) is 121 Å². The van der Waals surface area contributed by atoms with Gasteiger partial charge in [-0.1, -0.05) is 0 Å². The van der Waals surface area contributed by atoms with E-state index >= 15 is 0 Å². The van der Waals surface area contributed by atoms with Crippen LogP contribution in [0.5, 0.6) is 0 Å². The maximum atomic E-state index is 2.42. The van der Waals surface area contributed by atoms with Crippen LogP contribution >= 0.6 is 0 Å². The standard InChI is InChI=1S/C28H20Se/c1-4-12-21(13-5-1)25(22-14-6-2-7-15-22)20-27-28(23-16-8-3-9-17-23)24-18-10-11-19-26(24)29-27/h1-20H. The van der Waals surface area contributed by atoms with Gasteiger partial charge in [0.05, 0.1) is 0 Å². The quantitative estimate of drug-likeness (QED) is 0.263. The molecular formula is C28H20Se. The molecule has 0 atom stereocenters. The number of hydrogen-bond donors (Lipinski definition) is 0. The zero-order valence-electron chi connectivity index (χ0n) is 16.0. The van der Waals surface area contributed by atoms with E-state index in [4.69, 9.17) is 0 Å². The molecule has 4 aromatic carbocycles. The molecule has 0 saturated carbocycles. The monoisotopic (exact) mass is 436 g/mol. The van der Waals surface area contributed by atoms with Gasteiger partial charge in [-0.05, 0) is 0 Å². The second-order valence-corrected chi connectivity index (χ2v) is 9.27. The third-order valence-corrected chi connectivity index (χ3v) is 7.48. The van der Waals surface area contributed by atoms with Crippen molar-refractivity contribution in [3.05, 3.63) is 131 Å². The van der Waals surface area contributed by atoms with Gasteiger partial charge in [-0.2, -0.15) is 0 Å². The Bertz CT molecular complexity index is 1220. The van der Waals surface area contributed by atoms with Crippen molar-refractivity contribution in [3.63, 3.8) is 0 Å². The number of hydrogen-bond acceptors (Lipinski definition) is 0. The number of benzene rings is 4. The molecule has 0 saturated heterocycles. The molecule has 138 valence electrons. The average Bonchev–Trinajstić information content (AvgIpc) is 3.17. The zero-order valence-corrected chi connectivity index (χ0v) is 17.7. The van der Waals surface area contributed by atoms with Crippen LogP contribution in [0.25, 0.3) is 32.4 Å². The Morgan fingerprint density at radius 3 is 1.69 bits per heavy atom. The summed E-state index contributed by atoms with van der Waals surface area (Å²) in [5.41, 5.74) is 6.47. The van der Waals surface area contributed by atoms with Gasteiger partial charge in [0.1, 0.15) is 0 Å². The second-order valence-electron chi connectivity index (χ2n) is 6.99. The molecule has 0 amide bonds. The Balaban J connectivity index is 1.79. The molecule has 1 aromatic heterocycles. The molecule has 0 radical (unpaired) electrons. The van der Waals surface area contributed by atoms with Crippen molar-refractivity contribution in [3.8, 4) is 11.1 Å². The van der Waals surface area contributed by atoms with Gasteiger partial charge in [0.15, 0.2) is 0 Å². The van der Waals surface area contributed by atoms with Crippen molar-refractivity contribution in [2.45, 2.75) is 0 Å². The van der Waals surface area contributed by atoms with E-state index in [1.165, 1.54) is 41.9 Å². The first-order valence-corrected chi connectivity index (χ1v) is 11.5. The topological polar surface area (TPSA) is 0 Å². The van der Waals surface area contributed by atoms with E-state index in [1.54, 1.807) is 0 Å². The average molecular weight is 435 g/mol. The van der Waals surface area contributed by atoms with Gasteiger partial charge in [0.25, 0.3) is 0 Å². The van der Waals surface area contributed by atoms with Crippen LogP contribution in [0.15, 0.2) is 115 Å². The summed E-state index contributed by atoms with van der Waals surface area (Å²) >= 11 is 0.288. The van der Waals surface area contributed by atoms with Crippen molar-refractivity contribution in [2.24, 2.45) is 0 Å². The molecule has 0 fully saturated rings. The zero-order chi connectivity index (χ0) is 19.5. The van der Waals surface area contributed by atoms with Crippen LogP contribution in [0.3, 0.4) is 0 Å². The van der Waals surface area contributed by atoms with E-state index in [0.29, 0.717) is 0 Å². The Kier molecular flexibility index (Phi) is 5.00. The molecule has 1 heterocycles. The summed E-state index contributed by atoms with van der Waals surface area (Å²) < 4.78 is 2.90. The molecule has 29 heavy (non-hydrogen) atoms.